The summed E-state index contributed by atoms with van der Waals surface area (Å²) in [4.78, 5) is 15.7. The van der Waals surface area contributed by atoms with Crippen LogP contribution in [0.15, 0.2) is 18.5 Å². The third kappa shape index (κ3) is 2.74. The molecule has 4 N–H and O–H groups in total. The van der Waals surface area contributed by atoms with Crippen LogP contribution in [0.1, 0.15) is 29.6 Å². The van der Waals surface area contributed by atoms with Gasteiger partial charge in [0.2, 0.25) is 0 Å². The van der Waals surface area contributed by atoms with Crippen LogP contribution in [0, 0.1) is 5.92 Å². The number of nitrogens with two attached hydrogens (primary N) is 1. The van der Waals surface area contributed by atoms with Crippen LogP contribution in [0.3, 0.4) is 0 Å². The fourth-order valence-electron chi connectivity index (χ4n) is 2.31. The monoisotopic (exact) mass is 235 g/mol. The Kier molecular flexibility index (Phi) is 3.58. The first-order valence-electron chi connectivity index (χ1n) is 5.85. The van der Waals surface area contributed by atoms with Crippen molar-refractivity contribution in [1.29, 1.82) is 0 Å². The average molecular weight is 235 g/mol. The van der Waals surface area contributed by atoms with Gasteiger partial charge in [-0.15, -0.1) is 0 Å². The number of pyridine rings is 1. The summed E-state index contributed by atoms with van der Waals surface area (Å²) in [7, 11) is 0. The van der Waals surface area contributed by atoms with E-state index in [4.69, 9.17) is 5.73 Å². The smallest absolute Gasteiger partial charge is 0.253 e. The van der Waals surface area contributed by atoms with Crippen molar-refractivity contribution in [2.24, 2.45) is 11.7 Å². The molecule has 1 aromatic rings. The van der Waals surface area contributed by atoms with Crippen LogP contribution in [0.2, 0.25) is 0 Å². The van der Waals surface area contributed by atoms with Crippen molar-refractivity contribution in [2.75, 3.05) is 6.54 Å². The molecule has 0 radical (unpaired) electrons. The van der Waals surface area contributed by atoms with Gasteiger partial charge in [-0.25, -0.2) is 0 Å². The van der Waals surface area contributed by atoms with Gasteiger partial charge in [0.05, 0.1) is 11.8 Å². The Balaban J connectivity index is 2.01. The minimum absolute atomic E-state index is 0.000512. The highest BCUT2D eigenvalue weighted by Crippen LogP contribution is 2.24. The van der Waals surface area contributed by atoms with Gasteiger partial charge in [0, 0.05) is 12.2 Å². The van der Waals surface area contributed by atoms with Crippen LogP contribution < -0.4 is 11.1 Å². The summed E-state index contributed by atoms with van der Waals surface area (Å²) in [6.45, 7) is 0.600. The van der Waals surface area contributed by atoms with Crippen molar-refractivity contribution < 1.29 is 9.90 Å². The maximum Gasteiger partial charge on any atom is 0.253 e. The molecular weight excluding hydrogens is 218 g/mol. The number of nitrogens with zero attached hydrogens (tertiary/aromatic N) is 1. The van der Waals surface area contributed by atoms with E-state index >= 15 is 0 Å². The summed E-state index contributed by atoms with van der Waals surface area (Å²) in [5, 5.41) is 12.2. The van der Waals surface area contributed by atoms with Gasteiger partial charge in [0.1, 0.15) is 5.75 Å². The van der Waals surface area contributed by atoms with Crippen LogP contribution in [0.5, 0.6) is 5.75 Å². The molecule has 1 saturated carbocycles. The van der Waals surface area contributed by atoms with E-state index in [0.29, 0.717) is 18.0 Å². The second-order valence-corrected chi connectivity index (χ2v) is 4.44. The fraction of sp³-hybridized carbons (Fsp3) is 0.500. The van der Waals surface area contributed by atoms with Crippen LogP contribution in [0.4, 0.5) is 0 Å². The molecule has 2 atom stereocenters. The zero-order valence-corrected chi connectivity index (χ0v) is 9.60. The zero-order chi connectivity index (χ0) is 12.3. The van der Waals surface area contributed by atoms with E-state index in [1.165, 1.54) is 18.5 Å². The quantitative estimate of drug-likeness (QED) is 0.717. The minimum Gasteiger partial charge on any atom is -0.506 e. The predicted octanol–water partition coefficient (Wildman–Crippen LogP) is 0.644. The average Bonchev–Trinajstić information content (AvgIpc) is 2.76. The molecule has 0 aliphatic heterocycles. The van der Waals surface area contributed by atoms with Crippen molar-refractivity contribution in [3.05, 3.63) is 24.0 Å². The van der Waals surface area contributed by atoms with E-state index in [1.54, 1.807) is 0 Å². The Morgan fingerprint density at radius 1 is 1.53 bits per heavy atom. The molecule has 1 aromatic heterocycles. The second-order valence-electron chi connectivity index (χ2n) is 4.44. The number of aromatic hydroxyl groups is 1. The van der Waals surface area contributed by atoms with Gasteiger partial charge in [-0.05, 0) is 31.4 Å². The molecule has 1 fully saturated rings. The molecule has 1 amide bonds. The highest BCUT2D eigenvalue weighted by molar-refractivity contribution is 5.94. The fourth-order valence-corrected chi connectivity index (χ4v) is 2.31. The van der Waals surface area contributed by atoms with Gasteiger partial charge in [0.25, 0.3) is 5.91 Å². The number of nitrogens with one attached hydrogen (secondary N) is 1. The Hall–Kier alpha value is -1.62. The second kappa shape index (κ2) is 5.14. The first kappa shape index (κ1) is 11.9. The SMILES string of the molecule is NCC1CCCC1NC(=O)c1cncc(O)c1. The van der Waals surface area contributed by atoms with Gasteiger partial charge in [-0.1, -0.05) is 6.42 Å². The maximum absolute atomic E-state index is 11.9. The lowest BCUT2D eigenvalue weighted by Gasteiger charge is -2.19. The number of aromatic nitrogens is 1. The molecule has 0 bridgehead atoms. The number of amides is 1. The van der Waals surface area contributed by atoms with Gasteiger partial charge < -0.3 is 16.2 Å². The van der Waals surface area contributed by atoms with Gasteiger partial charge >= 0.3 is 0 Å². The van der Waals surface area contributed by atoms with Crippen LogP contribution >= 0.6 is 0 Å². The standard InChI is InChI=1S/C12H17N3O2/c13-5-8-2-1-3-11(8)15-12(17)9-4-10(16)7-14-6-9/h4,6-8,11,16H,1-3,5,13H2,(H,15,17). The van der Waals surface area contributed by atoms with E-state index in [1.807, 2.05) is 0 Å². The third-order valence-electron chi connectivity index (χ3n) is 3.26. The Morgan fingerprint density at radius 2 is 2.35 bits per heavy atom. The molecule has 5 heteroatoms. The molecule has 1 heterocycles. The molecular formula is C12H17N3O2. The Bertz CT molecular complexity index is 408. The van der Waals surface area contributed by atoms with E-state index in [9.17, 15) is 9.90 Å². The highest BCUT2D eigenvalue weighted by Gasteiger charge is 2.27. The van der Waals surface area contributed by atoms with Crippen molar-refractivity contribution >= 4 is 5.91 Å². The normalized spacial score (nSPS) is 23.6. The van der Waals surface area contributed by atoms with E-state index in [-0.39, 0.29) is 17.7 Å². The van der Waals surface area contributed by atoms with Crippen molar-refractivity contribution in [3.63, 3.8) is 0 Å². The van der Waals surface area contributed by atoms with Crippen LogP contribution in [-0.4, -0.2) is 28.6 Å². The lowest BCUT2D eigenvalue weighted by atomic mass is 10.0. The van der Waals surface area contributed by atoms with Gasteiger partial charge in [-0.2, -0.15) is 0 Å². The molecule has 92 valence electrons. The minimum atomic E-state index is -0.196. The van der Waals surface area contributed by atoms with Gasteiger partial charge in [-0.3, -0.25) is 9.78 Å². The number of hydrogen-bond donors (Lipinski definition) is 3. The molecule has 0 saturated heterocycles. The third-order valence-corrected chi connectivity index (χ3v) is 3.26. The first-order chi connectivity index (χ1) is 8.20. The lowest BCUT2D eigenvalue weighted by molar-refractivity contribution is 0.0928. The highest BCUT2D eigenvalue weighted by atomic mass is 16.3. The van der Waals surface area contributed by atoms with Crippen molar-refractivity contribution in [3.8, 4) is 5.75 Å². The molecule has 1 aliphatic rings. The topological polar surface area (TPSA) is 88.2 Å². The lowest BCUT2D eigenvalue weighted by Crippen LogP contribution is -2.39. The molecule has 17 heavy (non-hydrogen) atoms. The van der Waals surface area contributed by atoms with Crippen LogP contribution in [-0.2, 0) is 0 Å². The van der Waals surface area contributed by atoms with E-state index < -0.39 is 0 Å². The number of hydrogen-bond acceptors (Lipinski definition) is 4. The van der Waals surface area contributed by atoms with Crippen molar-refractivity contribution in [1.82, 2.24) is 10.3 Å². The Morgan fingerprint density at radius 3 is 3.06 bits per heavy atom. The summed E-state index contributed by atoms with van der Waals surface area (Å²) in [5.41, 5.74) is 6.04. The zero-order valence-electron chi connectivity index (χ0n) is 9.60. The predicted molar refractivity (Wildman–Crippen MR) is 63.6 cm³/mol. The van der Waals surface area contributed by atoms with E-state index in [2.05, 4.69) is 10.3 Å². The van der Waals surface area contributed by atoms with Crippen LogP contribution in [0.25, 0.3) is 0 Å². The van der Waals surface area contributed by atoms with Gasteiger partial charge in [0.15, 0.2) is 0 Å². The number of carbonyl (C=O) groups excluding carboxylic acids is 1. The summed E-state index contributed by atoms with van der Waals surface area (Å²) in [6, 6.07) is 1.56. The maximum atomic E-state index is 11.9. The molecule has 0 spiro atoms. The molecule has 0 aromatic carbocycles. The largest absolute Gasteiger partial charge is 0.506 e. The Labute approximate surface area is 100 Å². The summed E-state index contributed by atoms with van der Waals surface area (Å²) in [6.07, 6.45) is 5.89. The molecule has 5 nitrogen and oxygen atoms in total. The number of carbonyl (C=O) groups is 1. The molecule has 2 unspecified atom stereocenters. The molecule has 2 rings (SSSR count). The first-order valence-corrected chi connectivity index (χ1v) is 5.85. The van der Waals surface area contributed by atoms with Crippen molar-refractivity contribution in [2.45, 2.75) is 25.3 Å². The number of rotatable bonds is 3. The summed E-state index contributed by atoms with van der Waals surface area (Å²) in [5.74, 6) is 0.169. The van der Waals surface area contributed by atoms with E-state index in [0.717, 1.165) is 19.3 Å². The summed E-state index contributed by atoms with van der Waals surface area (Å²) < 4.78 is 0. The summed E-state index contributed by atoms with van der Waals surface area (Å²) >= 11 is 0. The molecule has 1 aliphatic carbocycles.